The number of carbonyl (C=O) groups excluding carboxylic acids is 1. The fourth-order valence-corrected chi connectivity index (χ4v) is 4.05. The van der Waals surface area contributed by atoms with Gasteiger partial charge in [-0.3, -0.25) is 9.80 Å². The van der Waals surface area contributed by atoms with Crippen molar-refractivity contribution in [3.8, 4) is 0 Å². The molecule has 6 heteroatoms. The monoisotopic (exact) mass is 374 g/mol. The molecule has 2 N–H and O–H groups in total. The summed E-state index contributed by atoms with van der Waals surface area (Å²) in [6.45, 7) is 11.5. The molecule has 2 heterocycles. The van der Waals surface area contributed by atoms with Crippen molar-refractivity contribution in [1.29, 1.82) is 0 Å². The molecule has 3 rings (SSSR count). The Labute approximate surface area is 163 Å². The minimum atomic E-state index is 0.0159. The summed E-state index contributed by atoms with van der Waals surface area (Å²) in [4.78, 5) is 19.3. The average Bonchev–Trinajstić information content (AvgIpc) is 3.23. The molecule has 6 nitrogen and oxygen atoms in total. The van der Waals surface area contributed by atoms with E-state index >= 15 is 0 Å². The minimum absolute atomic E-state index is 0.0159. The number of piperazine rings is 1. The van der Waals surface area contributed by atoms with Crippen LogP contribution in [0.15, 0.2) is 24.3 Å². The highest BCUT2D eigenvalue weighted by atomic mass is 16.3. The third-order valence-corrected chi connectivity index (χ3v) is 5.98. The first-order chi connectivity index (χ1) is 13.0. The van der Waals surface area contributed by atoms with Gasteiger partial charge in [0.25, 0.3) is 0 Å². The van der Waals surface area contributed by atoms with Crippen LogP contribution in [0.4, 0.5) is 4.79 Å². The van der Waals surface area contributed by atoms with Crippen LogP contribution in [0.1, 0.15) is 37.8 Å². The Balaban J connectivity index is 1.44. The van der Waals surface area contributed by atoms with E-state index in [0.29, 0.717) is 6.54 Å². The van der Waals surface area contributed by atoms with Crippen molar-refractivity contribution in [2.75, 3.05) is 45.8 Å². The van der Waals surface area contributed by atoms with E-state index in [0.717, 1.165) is 51.4 Å². The third kappa shape index (κ3) is 5.21. The van der Waals surface area contributed by atoms with E-state index in [1.54, 1.807) is 0 Å². The molecule has 0 saturated carbocycles. The lowest BCUT2D eigenvalue weighted by atomic mass is 10.0. The molecule has 2 fully saturated rings. The molecule has 1 aromatic rings. The Morgan fingerprint density at radius 1 is 1.04 bits per heavy atom. The van der Waals surface area contributed by atoms with Gasteiger partial charge in [0.15, 0.2) is 0 Å². The van der Waals surface area contributed by atoms with E-state index in [-0.39, 0.29) is 18.2 Å². The molecule has 2 saturated heterocycles. The molecule has 0 bridgehead atoms. The first-order valence-electron chi connectivity index (χ1n) is 10.2. The van der Waals surface area contributed by atoms with Crippen LogP contribution < -0.4 is 5.32 Å². The lowest BCUT2D eigenvalue weighted by Gasteiger charge is -2.38. The highest BCUT2D eigenvalue weighted by Crippen LogP contribution is 2.20. The highest BCUT2D eigenvalue weighted by molar-refractivity contribution is 5.74. The maximum absolute atomic E-state index is 12.6. The lowest BCUT2D eigenvalue weighted by molar-refractivity contribution is 0.123. The summed E-state index contributed by atoms with van der Waals surface area (Å²) in [5, 5.41) is 12.6. The number of hydrogen-bond acceptors (Lipinski definition) is 4. The maximum Gasteiger partial charge on any atom is 0.317 e. The zero-order valence-corrected chi connectivity index (χ0v) is 16.8. The molecule has 1 aromatic carbocycles. The molecule has 27 heavy (non-hydrogen) atoms. The number of urea groups is 1. The van der Waals surface area contributed by atoms with E-state index in [9.17, 15) is 9.90 Å². The third-order valence-electron chi connectivity index (χ3n) is 5.98. The smallest absolute Gasteiger partial charge is 0.317 e. The maximum atomic E-state index is 12.6. The van der Waals surface area contributed by atoms with Gasteiger partial charge < -0.3 is 15.3 Å². The van der Waals surface area contributed by atoms with Crippen molar-refractivity contribution in [1.82, 2.24) is 20.0 Å². The number of carbonyl (C=O) groups is 1. The number of hydrogen-bond donors (Lipinski definition) is 2. The van der Waals surface area contributed by atoms with Gasteiger partial charge in [-0.1, -0.05) is 24.3 Å². The van der Waals surface area contributed by atoms with Crippen molar-refractivity contribution in [2.45, 2.75) is 45.4 Å². The lowest BCUT2D eigenvalue weighted by Crippen LogP contribution is -2.55. The van der Waals surface area contributed by atoms with Gasteiger partial charge in [-0.2, -0.15) is 0 Å². The predicted molar refractivity (Wildman–Crippen MR) is 107 cm³/mol. The second-order valence-electron chi connectivity index (χ2n) is 8.36. The molecule has 0 radical (unpaired) electrons. The van der Waals surface area contributed by atoms with Gasteiger partial charge in [0.1, 0.15) is 0 Å². The number of aliphatic hydroxyl groups is 1. The zero-order valence-electron chi connectivity index (χ0n) is 16.8. The summed E-state index contributed by atoms with van der Waals surface area (Å²) in [5.41, 5.74) is 2.18. The molecule has 2 aliphatic rings. The largest absolute Gasteiger partial charge is 0.392 e. The first kappa shape index (κ1) is 20.1. The standard InChI is InChI=1S/C21H34N4O2/c1-21(2,25-9-5-6-10-25)17-22-20(27)24-13-11-23(12-14-24)15-18-7-3-4-8-19(18)16-26/h3-4,7-8,26H,5-6,9-17H2,1-2H3,(H,22,27). The van der Waals surface area contributed by atoms with Crippen LogP contribution in [0, 0.1) is 0 Å². The van der Waals surface area contributed by atoms with Crippen LogP contribution in [0.3, 0.4) is 0 Å². The molecule has 0 spiro atoms. The Hall–Kier alpha value is -1.63. The second-order valence-corrected chi connectivity index (χ2v) is 8.36. The Kier molecular flexibility index (Phi) is 6.73. The van der Waals surface area contributed by atoms with Gasteiger partial charge in [-0.25, -0.2) is 4.79 Å². The number of benzene rings is 1. The highest BCUT2D eigenvalue weighted by Gasteiger charge is 2.30. The molecule has 0 unspecified atom stereocenters. The predicted octanol–water partition coefficient (Wildman–Crippen LogP) is 1.88. The first-order valence-corrected chi connectivity index (χ1v) is 10.2. The summed E-state index contributed by atoms with van der Waals surface area (Å²) in [6.07, 6.45) is 2.53. The number of nitrogens with zero attached hydrogens (tertiary/aromatic N) is 3. The second kappa shape index (κ2) is 9.04. The number of aliphatic hydroxyl groups excluding tert-OH is 1. The van der Waals surface area contributed by atoms with Crippen molar-refractivity contribution in [3.05, 3.63) is 35.4 Å². The number of rotatable bonds is 6. The average molecular weight is 375 g/mol. The van der Waals surface area contributed by atoms with Gasteiger partial charge in [0.05, 0.1) is 6.61 Å². The molecule has 0 aliphatic carbocycles. The molecule has 2 aliphatic heterocycles. The molecule has 0 aromatic heterocycles. The summed E-state index contributed by atoms with van der Waals surface area (Å²) in [5.74, 6) is 0. The Morgan fingerprint density at radius 3 is 2.30 bits per heavy atom. The van der Waals surface area contributed by atoms with Crippen LogP contribution >= 0.6 is 0 Å². The Bertz CT molecular complexity index is 620. The van der Waals surface area contributed by atoms with E-state index in [4.69, 9.17) is 0 Å². The van der Waals surface area contributed by atoms with Gasteiger partial charge in [-0.05, 0) is 50.9 Å². The summed E-state index contributed by atoms with van der Waals surface area (Å²) in [7, 11) is 0. The van der Waals surface area contributed by atoms with Crippen LogP contribution in [0.5, 0.6) is 0 Å². The van der Waals surface area contributed by atoms with Gasteiger partial charge in [0.2, 0.25) is 0 Å². The van der Waals surface area contributed by atoms with Crippen LogP contribution in [0.25, 0.3) is 0 Å². The van der Waals surface area contributed by atoms with Crippen molar-refractivity contribution >= 4 is 6.03 Å². The molecule has 2 amide bonds. The Morgan fingerprint density at radius 2 is 1.67 bits per heavy atom. The quantitative estimate of drug-likeness (QED) is 0.798. The van der Waals surface area contributed by atoms with Crippen molar-refractivity contribution < 1.29 is 9.90 Å². The fourth-order valence-electron chi connectivity index (χ4n) is 4.05. The van der Waals surface area contributed by atoms with E-state index in [2.05, 4.69) is 35.0 Å². The van der Waals surface area contributed by atoms with Crippen molar-refractivity contribution in [2.24, 2.45) is 0 Å². The van der Waals surface area contributed by atoms with Crippen LogP contribution in [0.2, 0.25) is 0 Å². The summed E-state index contributed by atoms with van der Waals surface area (Å²) >= 11 is 0. The topological polar surface area (TPSA) is 59.1 Å². The molecule has 0 atom stereocenters. The molecule has 150 valence electrons. The number of likely N-dealkylation sites (tertiary alicyclic amines) is 1. The zero-order chi connectivity index (χ0) is 19.3. The van der Waals surface area contributed by atoms with Gasteiger partial charge in [0, 0.05) is 44.8 Å². The number of amides is 2. The van der Waals surface area contributed by atoms with E-state index in [1.165, 1.54) is 18.4 Å². The molecular weight excluding hydrogens is 340 g/mol. The molecular formula is C21H34N4O2. The number of nitrogens with one attached hydrogen (secondary N) is 1. The van der Waals surface area contributed by atoms with E-state index < -0.39 is 0 Å². The summed E-state index contributed by atoms with van der Waals surface area (Å²) < 4.78 is 0. The minimum Gasteiger partial charge on any atom is -0.392 e. The van der Waals surface area contributed by atoms with Crippen molar-refractivity contribution in [3.63, 3.8) is 0 Å². The van der Waals surface area contributed by atoms with Crippen LogP contribution in [-0.2, 0) is 13.2 Å². The normalized spacial score (nSPS) is 19.4. The van der Waals surface area contributed by atoms with Crippen LogP contribution in [-0.4, -0.2) is 77.2 Å². The van der Waals surface area contributed by atoms with E-state index in [1.807, 2.05) is 23.1 Å². The summed E-state index contributed by atoms with van der Waals surface area (Å²) in [6, 6.07) is 8.07. The SMILES string of the molecule is CC(C)(CNC(=O)N1CCN(Cc2ccccc2CO)CC1)N1CCCC1. The van der Waals surface area contributed by atoms with Gasteiger partial charge >= 0.3 is 6.03 Å². The van der Waals surface area contributed by atoms with Gasteiger partial charge in [-0.15, -0.1) is 0 Å². The fraction of sp³-hybridized carbons (Fsp3) is 0.667.